The summed E-state index contributed by atoms with van der Waals surface area (Å²) < 4.78 is 39.8. The molecule has 0 aliphatic heterocycles. The molecule has 0 saturated heterocycles. The average Bonchev–Trinajstić information content (AvgIpc) is 3.60. The third-order valence-electron chi connectivity index (χ3n) is 5.82. The summed E-state index contributed by atoms with van der Waals surface area (Å²) in [7, 11) is -3.42. The lowest BCUT2D eigenvalue weighted by molar-refractivity contribution is 0.586. The van der Waals surface area contributed by atoms with E-state index in [9.17, 15) is 12.8 Å². The van der Waals surface area contributed by atoms with E-state index in [-0.39, 0.29) is 6.54 Å². The number of nitrogens with one attached hydrogen (secondary N) is 4. The Morgan fingerprint density at radius 1 is 0.972 bits per heavy atom. The van der Waals surface area contributed by atoms with Crippen LogP contribution in [0.1, 0.15) is 5.56 Å². The molecule has 6 rings (SSSR count). The van der Waals surface area contributed by atoms with Gasteiger partial charge in [-0.15, -0.1) is 0 Å². The number of pyridine rings is 2. The largest absolute Gasteiger partial charge is 0.353 e. The van der Waals surface area contributed by atoms with E-state index >= 15 is 0 Å². The molecular weight excluding hydrogens is 483 g/mol. The number of rotatable bonds is 6. The summed E-state index contributed by atoms with van der Waals surface area (Å²) in [4.78, 5) is 12.4. The van der Waals surface area contributed by atoms with Crippen molar-refractivity contribution in [1.29, 1.82) is 0 Å². The molecule has 12 heteroatoms. The first-order valence-corrected chi connectivity index (χ1v) is 12.8. The van der Waals surface area contributed by atoms with Crippen LogP contribution < -0.4 is 4.72 Å². The quantitative estimate of drug-likeness (QED) is 0.273. The van der Waals surface area contributed by atoms with Gasteiger partial charge in [0.05, 0.1) is 23.8 Å². The first-order chi connectivity index (χ1) is 17.3. The van der Waals surface area contributed by atoms with Gasteiger partial charge in [0.15, 0.2) is 5.65 Å². The first kappa shape index (κ1) is 22.1. The molecule has 0 atom stereocenters. The van der Waals surface area contributed by atoms with Gasteiger partial charge in [0.1, 0.15) is 11.5 Å². The van der Waals surface area contributed by atoms with Crippen molar-refractivity contribution < 1.29 is 12.8 Å². The van der Waals surface area contributed by atoms with Gasteiger partial charge >= 0.3 is 0 Å². The minimum absolute atomic E-state index is 0.0246. The summed E-state index contributed by atoms with van der Waals surface area (Å²) in [5.41, 5.74) is 6.25. The molecule has 36 heavy (non-hydrogen) atoms. The Morgan fingerprint density at radius 3 is 2.67 bits per heavy atom. The van der Waals surface area contributed by atoms with Crippen molar-refractivity contribution >= 4 is 32.0 Å². The number of benzene rings is 1. The Kier molecular flexibility index (Phi) is 5.12. The van der Waals surface area contributed by atoms with Crippen LogP contribution in [0.2, 0.25) is 0 Å². The molecule has 0 fully saturated rings. The molecule has 0 aliphatic rings. The molecule has 10 nitrogen and oxygen atoms in total. The highest BCUT2D eigenvalue weighted by Gasteiger charge is 2.16. The van der Waals surface area contributed by atoms with Crippen LogP contribution in [-0.2, 0) is 16.6 Å². The minimum atomic E-state index is -3.42. The monoisotopic (exact) mass is 502 g/mol. The molecule has 0 aliphatic carbocycles. The number of halogens is 1. The average molecular weight is 503 g/mol. The van der Waals surface area contributed by atoms with Crippen LogP contribution in [0, 0.1) is 5.82 Å². The first-order valence-electron chi connectivity index (χ1n) is 10.9. The summed E-state index contributed by atoms with van der Waals surface area (Å²) in [5, 5.41) is 15.8. The number of hydrogen-bond acceptors (Lipinski definition) is 6. The third kappa shape index (κ3) is 4.12. The van der Waals surface area contributed by atoms with Gasteiger partial charge in [0.2, 0.25) is 10.0 Å². The lowest BCUT2D eigenvalue weighted by Crippen LogP contribution is -2.21. The lowest BCUT2D eigenvalue weighted by Gasteiger charge is -2.07. The van der Waals surface area contributed by atoms with Crippen LogP contribution in [0.4, 0.5) is 4.39 Å². The highest BCUT2D eigenvalue weighted by atomic mass is 32.2. The third-order valence-corrected chi connectivity index (χ3v) is 6.49. The van der Waals surface area contributed by atoms with Crippen molar-refractivity contribution in [2.75, 3.05) is 6.26 Å². The fraction of sp³-hybridized carbons (Fsp3) is 0.0833. The summed E-state index contributed by atoms with van der Waals surface area (Å²) in [6, 6.07) is 10.1. The molecular formula is C24H19FN8O2S. The fourth-order valence-electron chi connectivity index (χ4n) is 4.19. The molecule has 0 spiro atoms. The summed E-state index contributed by atoms with van der Waals surface area (Å²) in [6.07, 6.45) is 7.97. The standard InChI is InChI=1S/C24H19FN8O2S/c1-36(34,35)30-9-13-4-14(6-17(25)5-13)22-18-8-21(31-20(18)2-3-26-22)23-19-7-15(16-11-28-29-12-16)10-27-24(19)33-32-23/h2-8,10-12,30-31H,9H2,1H3,(H,28,29)(H,27,32,33). The SMILES string of the molecule is CS(=O)(=O)NCc1cc(F)cc(-c2nccc3[nH]c(-c4n[nH]c5ncc(-c6cn[nH]c6)cc45)cc23)c1. The van der Waals surface area contributed by atoms with E-state index in [1.165, 1.54) is 12.1 Å². The van der Waals surface area contributed by atoms with Gasteiger partial charge in [-0.2, -0.15) is 10.2 Å². The topological polar surface area (TPSA) is 145 Å². The van der Waals surface area contributed by atoms with Crippen molar-refractivity contribution in [2.45, 2.75) is 6.54 Å². The number of aromatic nitrogens is 7. The van der Waals surface area contributed by atoms with E-state index < -0.39 is 15.8 Å². The molecule has 6 aromatic rings. The second kappa shape index (κ2) is 8.36. The molecule has 0 bridgehead atoms. The Morgan fingerprint density at radius 2 is 1.86 bits per heavy atom. The fourth-order valence-corrected chi connectivity index (χ4v) is 4.62. The Labute approximate surface area is 204 Å². The van der Waals surface area contributed by atoms with Gasteiger partial charge in [-0.05, 0) is 42.0 Å². The molecule has 0 unspecified atom stereocenters. The number of hydrogen-bond donors (Lipinski definition) is 4. The predicted molar refractivity (Wildman–Crippen MR) is 134 cm³/mol. The van der Waals surface area contributed by atoms with E-state index in [1.807, 2.05) is 18.2 Å². The maximum atomic E-state index is 14.5. The Bertz CT molecular complexity index is 1840. The van der Waals surface area contributed by atoms with E-state index in [4.69, 9.17) is 0 Å². The van der Waals surface area contributed by atoms with Gasteiger partial charge < -0.3 is 4.98 Å². The van der Waals surface area contributed by atoms with Crippen LogP contribution >= 0.6 is 0 Å². The van der Waals surface area contributed by atoms with Gasteiger partial charge in [-0.25, -0.2) is 22.5 Å². The van der Waals surface area contributed by atoms with Crippen molar-refractivity contribution in [3.8, 4) is 33.8 Å². The van der Waals surface area contributed by atoms with Gasteiger partial charge in [0.25, 0.3) is 0 Å². The Balaban J connectivity index is 1.44. The zero-order valence-corrected chi connectivity index (χ0v) is 19.7. The van der Waals surface area contributed by atoms with Gasteiger partial charge in [0, 0.05) is 58.1 Å². The second-order valence-corrected chi connectivity index (χ2v) is 10.3. The molecule has 4 N–H and O–H groups in total. The Hall–Kier alpha value is -4.42. The molecule has 0 amide bonds. The zero-order valence-electron chi connectivity index (χ0n) is 18.9. The number of aromatic amines is 3. The van der Waals surface area contributed by atoms with Crippen molar-refractivity contribution in [3.05, 3.63) is 72.6 Å². The highest BCUT2D eigenvalue weighted by Crippen LogP contribution is 2.34. The van der Waals surface area contributed by atoms with Crippen LogP contribution in [0.3, 0.4) is 0 Å². The van der Waals surface area contributed by atoms with Crippen LogP contribution in [0.5, 0.6) is 0 Å². The van der Waals surface area contributed by atoms with Crippen LogP contribution in [0.15, 0.2) is 61.2 Å². The smallest absolute Gasteiger partial charge is 0.209 e. The number of fused-ring (bicyclic) bond motifs is 2. The van der Waals surface area contributed by atoms with Crippen LogP contribution in [-0.4, -0.2) is 50.0 Å². The predicted octanol–water partition coefficient (Wildman–Crippen LogP) is 3.75. The second-order valence-electron chi connectivity index (χ2n) is 8.42. The number of nitrogens with zero attached hydrogens (tertiary/aromatic N) is 4. The number of sulfonamides is 1. The highest BCUT2D eigenvalue weighted by molar-refractivity contribution is 7.88. The van der Waals surface area contributed by atoms with E-state index in [0.717, 1.165) is 39.4 Å². The number of H-pyrrole nitrogens is 3. The van der Waals surface area contributed by atoms with Gasteiger partial charge in [-0.1, -0.05) is 0 Å². The molecule has 180 valence electrons. The molecule has 5 heterocycles. The summed E-state index contributed by atoms with van der Waals surface area (Å²) >= 11 is 0. The molecule has 5 aromatic heterocycles. The molecule has 1 aromatic carbocycles. The van der Waals surface area contributed by atoms with Crippen molar-refractivity contribution in [2.24, 2.45) is 0 Å². The maximum Gasteiger partial charge on any atom is 0.209 e. The minimum Gasteiger partial charge on any atom is -0.353 e. The van der Waals surface area contributed by atoms with E-state index in [0.29, 0.717) is 28.2 Å². The zero-order chi connectivity index (χ0) is 24.9. The molecule has 0 saturated carbocycles. The maximum absolute atomic E-state index is 14.5. The van der Waals surface area contributed by atoms with Gasteiger partial charge in [-0.3, -0.25) is 15.2 Å². The van der Waals surface area contributed by atoms with E-state index in [1.54, 1.807) is 30.9 Å². The van der Waals surface area contributed by atoms with E-state index in [2.05, 4.69) is 40.1 Å². The molecule has 0 radical (unpaired) electrons. The van der Waals surface area contributed by atoms with Crippen LogP contribution in [0.25, 0.3) is 55.7 Å². The summed E-state index contributed by atoms with van der Waals surface area (Å²) in [5.74, 6) is -0.483. The van der Waals surface area contributed by atoms with Crippen molar-refractivity contribution in [3.63, 3.8) is 0 Å². The lowest BCUT2D eigenvalue weighted by atomic mass is 10.0. The normalized spacial score (nSPS) is 12.1. The summed E-state index contributed by atoms with van der Waals surface area (Å²) in [6.45, 7) is -0.0246. The van der Waals surface area contributed by atoms with Crippen molar-refractivity contribution in [1.82, 2.24) is 40.1 Å².